The summed E-state index contributed by atoms with van der Waals surface area (Å²) < 4.78 is 11.3. The fraction of sp³-hybridized carbons (Fsp3) is 0.200. The molecule has 0 aromatic heterocycles. The van der Waals surface area contributed by atoms with E-state index in [0.717, 1.165) is 12.1 Å². The molecule has 1 aliphatic rings. The van der Waals surface area contributed by atoms with E-state index in [2.05, 4.69) is 0 Å². The Balaban J connectivity index is 2.07. The van der Waals surface area contributed by atoms with Gasteiger partial charge in [-0.05, 0) is 24.6 Å². The van der Waals surface area contributed by atoms with Crippen LogP contribution in [0.4, 0.5) is 17.1 Å². The third-order valence-corrected chi connectivity index (χ3v) is 3.39. The van der Waals surface area contributed by atoms with Crippen molar-refractivity contribution in [3.8, 4) is 0 Å². The van der Waals surface area contributed by atoms with Gasteiger partial charge in [0.05, 0.1) is 4.92 Å². The van der Waals surface area contributed by atoms with Crippen LogP contribution in [0, 0.1) is 10.1 Å². The number of nitro groups is 1. The van der Waals surface area contributed by atoms with E-state index >= 15 is 0 Å². The highest BCUT2D eigenvalue weighted by atomic mass is 16.6. The first-order valence-corrected chi connectivity index (χ1v) is 7.08. The lowest BCUT2D eigenvalue weighted by atomic mass is 9.98. The minimum Gasteiger partial charge on any atom is -0.392 e. The summed E-state index contributed by atoms with van der Waals surface area (Å²) in [4.78, 5) is 12.7. The van der Waals surface area contributed by atoms with E-state index in [4.69, 9.17) is 9.31 Å². The molecule has 3 rings (SSSR count). The molecule has 7 heteroatoms. The number of hydrogen-bond donors (Lipinski definition) is 0. The van der Waals surface area contributed by atoms with Gasteiger partial charge in [0.2, 0.25) is 0 Å². The topological polar surface area (TPSA) is 64.8 Å². The fourth-order valence-electron chi connectivity index (χ4n) is 2.41. The van der Waals surface area contributed by atoms with Crippen molar-refractivity contribution >= 4 is 24.3 Å². The van der Waals surface area contributed by atoms with Crippen LogP contribution in [0.5, 0.6) is 0 Å². The number of rotatable bonds is 4. The molecule has 0 atom stereocenters. The number of para-hydroxylation sites is 3. The molecule has 0 unspecified atom stereocenters. The summed E-state index contributed by atoms with van der Waals surface area (Å²) in [5.41, 5.74) is 1.25. The van der Waals surface area contributed by atoms with Gasteiger partial charge in [0.15, 0.2) is 0 Å². The first-order valence-electron chi connectivity index (χ1n) is 7.08. The Morgan fingerprint density at radius 1 is 1.00 bits per heavy atom. The number of hydrogen-bond acceptors (Lipinski definition) is 5. The Bertz CT molecular complexity index is 647. The third-order valence-electron chi connectivity index (χ3n) is 3.39. The van der Waals surface area contributed by atoms with Gasteiger partial charge in [-0.25, -0.2) is 0 Å². The van der Waals surface area contributed by atoms with Gasteiger partial charge in [0, 0.05) is 25.0 Å². The van der Waals surface area contributed by atoms with Gasteiger partial charge in [-0.1, -0.05) is 30.3 Å². The summed E-state index contributed by atoms with van der Waals surface area (Å²) in [7, 11) is -0.669. The van der Waals surface area contributed by atoms with Gasteiger partial charge < -0.3 is 14.1 Å². The zero-order valence-corrected chi connectivity index (χ0v) is 11.9. The minimum atomic E-state index is -0.669. The molecule has 2 aromatic carbocycles. The van der Waals surface area contributed by atoms with Gasteiger partial charge in [-0.15, -0.1) is 0 Å². The van der Waals surface area contributed by atoms with Crippen molar-refractivity contribution in [3.05, 3.63) is 64.7 Å². The number of nitrogens with zero attached hydrogens (tertiary/aromatic N) is 2. The van der Waals surface area contributed by atoms with E-state index < -0.39 is 12.2 Å². The number of benzene rings is 2. The Kier molecular flexibility index (Phi) is 4.36. The average Bonchev–Trinajstić information content (AvgIpc) is 2.57. The smallest absolute Gasteiger partial charge is 0.392 e. The maximum Gasteiger partial charge on any atom is 0.598 e. The van der Waals surface area contributed by atoms with Crippen LogP contribution in [-0.2, 0) is 9.31 Å². The highest BCUT2D eigenvalue weighted by molar-refractivity contribution is 6.52. The van der Waals surface area contributed by atoms with E-state index in [0.29, 0.717) is 18.9 Å². The Morgan fingerprint density at radius 2 is 1.64 bits per heavy atom. The van der Waals surface area contributed by atoms with Crippen molar-refractivity contribution in [3.63, 3.8) is 0 Å². The van der Waals surface area contributed by atoms with Crippen LogP contribution in [0.15, 0.2) is 54.6 Å². The van der Waals surface area contributed by atoms with Crippen LogP contribution in [0.2, 0.25) is 0 Å². The van der Waals surface area contributed by atoms with Gasteiger partial charge in [-0.2, -0.15) is 0 Å². The molecule has 0 N–H and O–H groups in total. The molecule has 1 heterocycles. The summed E-state index contributed by atoms with van der Waals surface area (Å²) >= 11 is 0. The lowest BCUT2D eigenvalue weighted by Gasteiger charge is -2.31. The first-order chi connectivity index (χ1) is 10.8. The van der Waals surface area contributed by atoms with Crippen LogP contribution in [0.1, 0.15) is 6.42 Å². The molecule has 22 heavy (non-hydrogen) atoms. The standard InChI is InChI=1S/C15H15BN2O4/c19-18(20)15-10-5-4-9-14(15)17(13-7-2-1-3-8-13)16-21-11-6-12-22-16/h1-5,7-10H,6,11-12H2. The van der Waals surface area contributed by atoms with Crippen molar-refractivity contribution in [2.75, 3.05) is 18.0 Å². The molecule has 0 bridgehead atoms. The van der Waals surface area contributed by atoms with E-state index in [9.17, 15) is 10.1 Å². The van der Waals surface area contributed by atoms with Crippen LogP contribution in [-0.4, -0.2) is 25.4 Å². The molecule has 2 aromatic rings. The zero-order valence-electron chi connectivity index (χ0n) is 11.9. The van der Waals surface area contributed by atoms with Gasteiger partial charge in [0.1, 0.15) is 5.69 Å². The second-order valence-electron chi connectivity index (χ2n) is 4.85. The van der Waals surface area contributed by atoms with Crippen LogP contribution >= 0.6 is 0 Å². The van der Waals surface area contributed by atoms with Crippen molar-refractivity contribution in [2.24, 2.45) is 0 Å². The lowest BCUT2D eigenvalue weighted by molar-refractivity contribution is -0.384. The summed E-state index contributed by atoms with van der Waals surface area (Å²) in [5, 5.41) is 11.3. The predicted octanol–water partition coefficient (Wildman–Crippen LogP) is 3.15. The molecular formula is C15H15BN2O4. The van der Waals surface area contributed by atoms with Crippen LogP contribution in [0.25, 0.3) is 0 Å². The molecular weight excluding hydrogens is 283 g/mol. The Morgan fingerprint density at radius 3 is 2.32 bits per heavy atom. The monoisotopic (exact) mass is 298 g/mol. The molecule has 6 nitrogen and oxygen atoms in total. The molecule has 112 valence electrons. The maximum atomic E-state index is 11.3. The Labute approximate surface area is 128 Å². The molecule has 0 aliphatic carbocycles. The summed E-state index contributed by atoms with van der Waals surface area (Å²) in [6.45, 7) is 1.13. The highest BCUT2D eigenvalue weighted by Crippen LogP contribution is 2.35. The lowest BCUT2D eigenvalue weighted by Crippen LogP contribution is -2.44. The molecule has 0 spiro atoms. The quantitative estimate of drug-likeness (QED) is 0.493. The summed E-state index contributed by atoms with van der Waals surface area (Å²) in [6, 6.07) is 16.0. The first kappa shape index (κ1) is 14.6. The summed E-state index contributed by atoms with van der Waals surface area (Å²) in [5.74, 6) is 0. The second-order valence-corrected chi connectivity index (χ2v) is 4.85. The van der Waals surface area contributed by atoms with Crippen molar-refractivity contribution in [2.45, 2.75) is 6.42 Å². The maximum absolute atomic E-state index is 11.3. The van der Waals surface area contributed by atoms with E-state index in [1.165, 1.54) is 6.07 Å². The van der Waals surface area contributed by atoms with Crippen LogP contribution < -0.4 is 4.81 Å². The third kappa shape index (κ3) is 2.95. The molecule has 1 aliphatic heterocycles. The highest BCUT2D eigenvalue weighted by Gasteiger charge is 2.36. The summed E-state index contributed by atoms with van der Waals surface area (Å²) in [6.07, 6.45) is 0.815. The molecule has 1 fully saturated rings. The SMILES string of the molecule is O=[N+]([O-])c1ccccc1N(B1OCCCO1)c1ccccc1. The van der Waals surface area contributed by atoms with Gasteiger partial charge >= 0.3 is 7.25 Å². The zero-order chi connectivity index (χ0) is 15.4. The Hall–Kier alpha value is -2.38. The minimum absolute atomic E-state index is 0.0177. The molecule has 0 amide bonds. The van der Waals surface area contributed by atoms with E-state index in [-0.39, 0.29) is 5.69 Å². The number of anilines is 2. The predicted molar refractivity (Wildman–Crippen MR) is 84.0 cm³/mol. The largest absolute Gasteiger partial charge is 0.598 e. The second kappa shape index (κ2) is 6.59. The van der Waals surface area contributed by atoms with Crippen LogP contribution in [0.3, 0.4) is 0 Å². The molecule has 1 saturated heterocycles. The van der Waals surface area contributed by atoms with E-state index in [1.807, 2.05) is 30.3 Å². The fourth-order valence-corrected chi connectivity index (χ4v) is 2.41. The van der Waals surface area contributed by atoms with Crippen molar-refractivity contribution in [1.29, 1.82) is 0 Å². The van der Waals surface area contributed by atoms with E-state index in [1.54, 1.807) is 23.0 Å². The van der Waals surface area contributed by atoms with Crippen molar-refractivity contribution in [1.82, 2.24) is 0 Å². The van der Waals surface area contributed by atoms with Gasteiger partial charge in [0.25, 0.3) is 5.69 Å². The molecule has 0 radical (unpaired) electrons. The van der Waals surface area contributed by atoms with Gasteiger partial charge in [-0.3, -0.25) is 10.1 Å². The molecule has 0 saturated carbocycles. The number of nitro benzene ring substituents is 1. The normalized spacial score (nSPS) is 14.6. The van der Waals surface area contributed by atoms with Crippen molar-refractivity contribution < 1.29 is 14.2 Å². The average molecular weight is 298 g/mol.